The Balaban J connectivity index is 1.93. The molecule has 2 nitrogen and oxygen atoms in total. The number of hydrogen-bond acceptors (Lipinski definition) is 2. The smallest absolute Gasteiger partial charge is 0.120 e. The van der Waals surface area contributed by atoms with Crippen LogP contribution in [-0.2, 0) is 6.54 Å². The summed E-state index contributed by atoms with van der Waals surface area (Å²) >= 11 is 3.44. The maximum absolute atomic E-state index is 9.81. The number of nitrogens with one attached hydrogen (secondary N) is 1. The molecule has 2 rings (SSSR count). The number of rotatable bonds is 3. The summed E-state index contributed by atoms with van der Waals surface area (Å²) in [6.07, 6.45) is 5.10. The van der Waals surface area contributed by atoms with Crippen molar-refractivity contribution in [2.75, 3.05) is 0 Å². The maximum atomic E-state index is 9.81. The molecule has 1 atom stereocenters. The number of phenolic OH excluding ortho intramolecular Hbond substituents is 1. The molecular formula is C15H22BrNO. The van der Waals surface area contributed by atoms with Crippen molar-refractivity contribution in [3.63, 3.8) is 0 Å². The van der Waals surface area contributed by atoms with Gasteiger partial charge in [0.15, 0.2) is 0 Å². The van der Waals surface area contributed by atoms with Crippen molar-refractivity contribution >= 4 is 15.9 Å². The maximum Gasteiger partial charge on any atom is 0.120 e. The molecule has 0 radical (unpaired) electrons. The van der Waals surface area contributed by atoms with Crippen molar-refractivity contribution in [3.8, 4) is 5.75 Å². The fraction of sp³-hybridized carbons (Fsp3) is 0.600. The standard InChI is InChI=1S/C15H22BrNO/c1-15(2)7-3-4-13(9-15)17-10-11-8-12(16)5-6-14(11)18/h5-6,8,13,17-18H,3-4,7,9-10H2,1-2H3. The molecule has 1 aliphatic rings. The molecular weight excluding hydrogens is 290 g/mol. The van der Waals surface area contributed by atoms with E-state index >= 15 is 0 Å². The molecule has 100 valence electrons. The lowest BCUT2D eigenvalue weighted by atomic mass is 9.75. The van der Waals surface area contributed by atoms with Crippen molar-refractivity contribution in [2.24, 2.45) is 5.41 Å². The Kier molecular flexibility index (Phi) is 4.33. The van der Waals surface area contributed by atoms with E-state index in [2.05, 4.69) is 35.1 Å². The second kappa shape index (κ2) is 5.62. The van der Waals surface area contributed by atoms with Gasteiger partial charge < -0.3 is 10.4 Å². The summed E-state index contributed by atoms with van der Waals surface area (Å²) in [5.74, 6) is 0.376. The lowest BCUT2D eigenvalue weighted by molar-refractivity contribution is 0.197. The summed E-state index contributed by atoms with van der Waals surface area (Å²) in [4.78, 5) is 0. The van der Waals surface area contributed by atoms with E-state index in [9.17, 15) is 5.11 Å². The van der Waals surface area contributed by atoms with Crippen LogP contribution in [0.15, 0.2) is 22.7 Å². The predicted octanol–water partition coefficient (Wildman–Crippen LogP) is 4.21. The van der Waals surface area contributed by atoms with E-state index in [1.54, 1.807) is 6.07 Å². The van der Waals surface area contributed by atoms with Crippen LogP contribution in [-0.4, -0.2) is 11.1 Å². The fourth-order valence-corrected chi connectivity index (χ4v) is 3.23. The molecule has 2 N–H and O–H groups in total. The first-order chi connectivity index (χ1) is 8.46. The van der Waals surface area contributed by atoms with Crippen molar-refractivity contribution in [3.05, 3.63) is 28.2 Å². The van der Waals surface area contributed by atoms with Crippen LogP contribution in [0.4, 0.5) is 0 Å². The predicted molar refractivity (Wildman–Crippen MR) is 78.7 cm³/mol. The number of hydrogen-bond donors (Lipinski definition) is 2. The summed E-state index contributed by atoms with van der Waals surface area (Å²) in [5.41, 5.74) is 1.42. The van der Waals surface area contributed by atoms with E-state index in [1.165, 1.54) is 25.7 Å². The number of benzene rings is 1. The molecule has 0 aromatic heterocycles. The highest BCUT2D eigenvalue weighted by molar-refractivity contribution is 9.10. The van der Waals surface area contributed by atoms with E-state index in [1.807, 2.05) is 12.1 Å². The van der Waals surface area contributed by atoms with E-state index in [0.29, 0.717) is 17.2 Å². The zero-order valence-electron chi connectivity index (χ0n) is 11.2. The Bertz CT molecular complexity index is 417. The first-order valence-corrected chi connectivity index (χ1v) is 7.46. The van der Waals surface area contributed by atoms with Crippen LogP contribution in [0.25, 0.3) is 0 Å². The largest absolute Gasteiger partial charge is 0.508 e. The van der Waals surface area contributed by atoms with Gasteiger partial charge in [0.1, 0.15) is 5.75 Å². The van der Waals surface area contributed by atoms with Crippen LogP contribution in [0.2, 0.25) is 0 Å². The van der Waals surface area contributed by atoms with Gasteiger partial charge in [0, 0.05) is 22.6 Å². The van der Waals surface area contributed by atoms with Gasteiger partial charge in [0.2, 0.25) is 0 Å². The van der Waals surface area contributed by atoms with Crippen molar-refractivity contribution < 1.29 is 5.11 Å². The monoisotopic (exact) mass is 311 g/mol. The fourth-order valence-electron chi connectivity index (χ4n) is 2.82. The van der Waals surface area contributed by atoms with Gasteiger partial charge in [-0.25, -0.2) is 0 Å². The summed E-state index contributed by atoms with van der Waals surface area (Å²) in [5, 5.41) is 13.4. The van der Waals surface area contributed by atoms with Gasteiger partial charge in [-0.2, -0.15) is 0 Å². The first-order valence-electron chi connectivity index (χ1n) is 6.67. The highest BCUT2D eigenvalue weighted by Gasteiger charge is 2.27. The van der Waals surface area contributed by atoms with Crippen LogP contribution < -0.4 is 5.32 Å². The molecule has 1 saturated carbocycles. The van der Waals surface area contributed by atoms with Gasteiger partial charge in [-0.05, 0) is 42.9 Å². The summed E-state index contributed by atoms with van der Waals surface area (Å²) in [6.45, 7) is 5.43. The van der Waals surface area contributed by atoms with Crippen LogP contribution in [0, 0.1) is 5.41 Å². The lowest BCUT2D eigenvalue weighted by Gasteiger charge is -2.35. The van der Waals surface area contributed by atoms with Crippen molar-refractivity contribution in [2.45, 2.75) is 52.1 Å². The lowest BCUT2D eigenvalue weighted by Crippen LogP contribution is -2.36. The van der Waals surface area contributed by atoms with E-state index in [4.69, 9.17) is 0 Å². The number of aromatic hydroxyl groups is 1. The Hall–Kier alpha value is -0.540. The number of halogens is 1. The highest BCUT2D eigenvalue weighted by atomic mass is 79.9. The molecule has 0 aliphatic heterocycles. The Labute approximate surface area is 118 Å². The second-order valence-corrected chi connectivity index (χ2v) is 7.03. The summed E-state index contributed by atoms with van der Waals surface area (Å²) < 4.78 is 1.01. The van der Waals surface area contributed by atoms with Gasteiger partial charge >= 0.3 is 0 Å². The molecule has 1 unspecified atom stereocenters. The molecule has 0 heterocycles. The van der Waals surface area contributed by atoms with Crippen molar-refractivity contribution in [1.82, 2.24) is 5.32 Å². The van der Waals surface area contributed by atoms with Crippen LogP contribution in [0.3, 0.4) is 0 Å². The van der Waals surface area contributed by atoms with Gasteiger partial charge in [0.25, 0.3) is 0 Å². The minimum atomic E-state index is 0.376. The van der Waals surface area contributed by atoms with E-state index in [-0.39, 0.29) is 0 Å². The zero-order chi connectivity index (χ0) is 13.2. The third-order valence-electron chi connectivity index (χ3n) is 3.83. The second-order valence-electron chi connectivity index (χ2n) is 6.11. The van der Waals surface area contributed by atoms with E-state index in [0.717, 1.165) is 16.6 Å². The SMILES string of the molecule is CC1(C)CCCC(NCc2cc(Br)ccc2O)C1. The average molecular weight is 312 g/mol. The van der Waals surface area contributed by atoms with Gasteiger partial charge in [-0.3, -0.25) is 0 Å². The Morgan fingerprint density at radius 2 is 2.22 bits per heavy atom. The first kappa shape index (κ1) is 13.9. The molecule has 1 aromatic carbocycles. The van der Waals surface area contributed by atoms with E-state index < -0.39 is 0 Å². The Morgan fingerprint density at radius 3 is 2.94 bits per heavy atom. The summed E-state index contributed by atoms with van der Waals surface area (Å²) in [7, 11) is 0. The van der Waals surface area contributed by atoms with Gasteiger partial charge in [0.05, 0.1) is 0 Å². The topological polar surface area (TPSA) is 32.3 Å². The molecule has 1 aliphatic carbocycles. The van der Waals surface area contributed by atoms with Gasteiger partial charge in [-0.1, -0.05) is 36.2 Å². The quantitative estimate of drug-likeness (QED) is 0.876. The normalized spacial score (nSPS) is 22.9. The zero-order valence-corrected chi connectivity index (χ0v) is 12.8. The van der Waals surface area contributed by atoms with Crippen LogP contribution in [0.5, 0.6) is 5.75 Å². The minimum absolute atomic E-state index is 0.376. The molecule has 0 bridgehead atoms. The average Bonchev–Trinajstić information content (AvgIpc) is 2.29. The van der Waals surface area contributed by atoms with Crippen molar-refractivity contribution in [1.29, 1.82) is 0 Å². The minimum Gasteiger partial charge on any atom is -0.508 e. The third kappa shape index (κ3) is 3.72. The molecule has 3 heteroatoms. The Morgan fingerprint density at radius 1 is 1.44 bits per heavy atom. The molecule has 0 amide bonds. The highest BCUT2D eigenvalue weighted by Crippen LogP contribution is 2.35. The molecule has 1 aromatic rings. The van der Waals surface area contributed by atoms with Gasteiger partial charge in [-0.15, -0.1) is 0 Å². The molecule has 0 saturated heterocycles. The molecule has 18 heavy (non-hydrogen) atoms. The van der Waals surface area contributed by atoms with Crippen LogP contribution >= 0.6 is 15.9 Å². The third-order valence-corrected chi connectivity index (χ3v) is 4.32. The van der Waals surface area contributed by atoms with Crippen LogP contribution in [0.1, 0.15) is 45.1 Å². The number of phenols is 1. The summed E-state index contributed by atoms with van der Waals surface area (Å²) in [6, 6.07) is 6.16. The molecule has 0 spiro atoms. The molecule has 1 fully saturated rings.